The lowest BCUT2D eigenvalue weighted by Gasteiger charge is -2.02. The number of carbonyl (C=O) groups excluding carboxylic acids is 1. The molecule has 2 aromatic heterocycles. The quantitative estimate of drug-likeness (QED) is 0.410. The highest BCUT2D eigenvalue weighted by Crippen LogP contribution is 2.32. The maximum Gasteiger partial charge on any atom is 0.347 e. The molecule has 130 valence electrons. The summed E-state index contributed by atoms with van der Waals surface area (Å²) in [6.45, 7) is 0. The fraction of sp³-hybridized carbons (Fsp3) is 0.100. The van der Waals surface area contributed by atoms with Crippen LogP contribution in [0.15, 0.2) is 62.2 Å². The van der Waals surface area contributed by atoms with E-state index in [2.05, 4.69) is 0 Å². The number of hydrogen-bond acceptors (Lipinski definition) is 6. The minimum absolute atomic E-state index is 0.323. The minimum atomic E-state index is -0.489. The van der Waals surface area contributed by atoms with Crippen LogP contribution in [0.1, 0.15) is 10.4 Å². The number of furan rings is 1. The Morgan fingerprint density at radius 1 is 0.962 bits per heavy atom. The molecule has 0 unspecified atom stereocenters. The maximum atomic E-state index is 12.3. The molecular formula is C20H14O6. The molecule has 6 nitrogen and oxygen atoms in total. The van der Waals surface area contributed by atoms with Crippen LogP contribution in [0.2, 0.25) is 0 Å². The molecule has 0 atom stereocenters. The summed E-state index contributed by atoms with van der Waals surface area (Å²) in [7, 11) is 2.88. The molecule has 0 saturated carbocycles. The third-order valence-electron chi connectivity index (χ3n) is 4.15. The molecule has 2 heterocycles. The van der Waals surface area contributed by atoms with E-state index in [1.54, 1.807) is 55.6 Å². The van der Waals surface area contributed by atoms with Crippen LogP contribution in [0.4, 0.5) is 0 Å². The summed E-state index contributed by atoms with van der Waals surface area (Å²) in [6, 6.07) is 13.5. The van der Waals surface area contributed by atoms with Gasteiger partial charge in [0.1, 0.15) is 22.5 Å². The number of esters is 1. The molecule has 6 heteroatoms. The molecule has 2 aromatic carbocycles. The van der Waals surface area contributed by atoms with E-state index in [9.17, 15) is 9.59 Å². The average molecular weight is 350 g/mol. The number of rotatable bonds is 3. The van der Waals surface area contributed by atoms with E-state index < -0.39 is 11.6 Å². The first-order valence-corrected chi connectivity index (χ1v) is 7.84. The zero-order chi connectivity index (χ0) is 18.3. The highest BCUT2D eigenvalue weighted by atomic mass is 16.5. The van der Waals surface area contributed by atoms with Crippen LogP contribution in [0.3, 0.4) is 0 Å². The Morgan fingerprint density at radius 3 is 2.58 bits per heavy atom. The van der Waals surface area contributed by atoms with Crippen LogP contribution in [-0.4, -0.2) is 20.2 Å². The summed E-state index contributed by atoms with van der Waals surface area (Å²) < 4.78 is 21.3. The molecule has 0 aliphatic rings. The van der Waals surface area contributed by atoms with Crippen molar-refractivity contribution in [3.8, 4) is 17.1 Å². The van der Waals surface area contributed by atoms with E-state index in [0.29, 0.717) is 44.6 Å². The van der Waals surface area contributed by atoms with Gasteiger partial charge in [-0.05, 0) is 36.4 Å². The summed E-state index contributed by atoms with van der Waals surface area (Å²) in [6.07, 6.45) is 0. The summed E-state index contributed by atoms with van der Waals surface area (Å²) in [5, 5.41) is 0.957. The first-order valence-electron chi connectivity index (χ1n) is 7.84. The van der Waals surface area contributed by atoms with Gasteiger partial charge in [-0.2, -0.15) is 0 Å². The topological polar surface area (TPSA) is 78.9 Å². The van der Waals surface area contributed by atoms with Gasteiger partial charge >= 0.3 is 11.6 Å². The van der Waals surface area contributed by atoms with Crippen LogP contribution in [0.5, 0.6) is 5.75 Å². The summed E-state index contributed by atoms with van der Waals surface area (Å²) in [5.74, 6) is 0.629. The normalized spacial score (nSPS) is 11.0. The molecule has 0 radical (unpaired) electrons. The van der Waals surface area contributed by atoms with Crippen LogP contribution < -0.4 is 10.4 Å². The second-order valence-corrected chi connectivity index (χ2v) is 5.68. The third kappa shape index (κ3) is 2.52. The first-order chi connectivity index (χ1) is 12.6. The Labute approximate surface area is 147 Å². The van der Waals surface area contributed by atoms with Gasteiger partial charge in [-0.1, -0.05) is 12.1 Å². The molecule has 0 saturated heterocycles. The largest absolute Gasteiger partial charge is 0.497 e. The summed E-state index contributed by atoms with van der Waals surface area (Å²) >= 11 is 0. The summed E-state index contributed by atoms with van der Waals surface area (Å²) in [5.41, 5.74) is 1.38. The highest BCUT2D eigenvalue weighted by molar-refractivity contribution is 6.02. The molecule has 0 spiro atoms. The Morgan fingerprint density at radius 2 is 1.81 bits per heavy atom. The van der Waals surface area contributed by atoms with Crippen molar-refractivity contribution in [2.45, 2.75) is 0 Å². The zero-order valence-electron chi connectivity index (χ0n) is 14.1. The Hall–Kier alpha value is -3.54. The highest BCUT2D eigenvalue weighted by Gasteiger charge is 2.16. The molecule has 0 amide bonds. The van der Waals surface area contributed by atoms with Gasteiger partial charge in [0.2, 0.25) is 0 Å². The Balaban J connectivity index is 1.95. The van der Waals surface area contributed by atoms with Gasteiger partial charge in [0, 0.05) is 5.56 Å². The van der Waals surface area contributed by atoms with Crippen molar-refractivity contribution >= 4 is 27.9 Å². The van der Waals surface area contributed by atoms with Crippen LogP contribution in [0.25, 0.3) is 33.3 Å². The van der Waals surface area contributed by atoms with Crippen molar-refractivity contribution in [1.29, 1.82) is 0 Å². The summed E-state index contributed by atoms with van der Waals surface area (Å²) in [4.78, 5) is 24.0. The second kappa shape index (κ2) is 6.07. The van der Waals surface area contributed by atoms with Crippen molar-refractivity contribution in [3.63, 3.8) is 0 Å². The van der Waals surface area contributed by atoms with Gasteiger partial charge in [0.15, 0.2) is 5.58 Å². The van der Waals surface area contributed by atoms with Gasteiger partial charge in [-0.15, -0.1) is 0 Å². The van der Waals surface area contributed by atoms with Crippen molar-refractivity contribution < 1.29 is 23.1 Å². The maximum absolute atomic E-state index is 12.3. The predicted octanol–water partition coefficient (Wildman–Crippen LogP) is 4.00. The molecule has 0 N–H and O–H groups in total. The molecule has 0 aliphatic carbocycles. The number of methoxy groups -OCH3 is 2. The lowest BCUT2D eigenvalue weighted by molar-refractivity contribution is 0.0601. The van der Waals surface area contributed by atoms with E-state index in [-0.39, 0.29) is 0 Å². The van der Waals surface area contributed by atoms with Gasteiger partial charge in [-0.3, -0.25) is 0 Å². The van der Waals surface area contributed by atoms with Crippen molar-refractivity contribution in [2.24, 2.45) is 0 Å². The molecular weight excluding hydrogens is 336 g/mol. The molecule has 0 fully saturated rings. The number of benzene rings is 2. The van der Waals surface area contributed by atoms with E-state index in [0.717, 1.165) is 0 Å². The van der Waals surface area contributed by atoms with E-state index in [4.69, 9.17) is 18.3 Å². The standard InChI is InChI=1S/C20H14O6/c1-23-13-6-7-16-14(9-13)18-15(20(22)26-16)10-17(25-18)11-4-3-5-12(8-11)19(21)24-2/h3-10H,1-2H3. The molecule has 4 aromatic rings. The van der Waals surface area contributed by atoms with Crippen molar-refractivity contribution in [2.75, 3.05) is 14.2 Å². The third-order valence-corrected chi connectivity index (χ3v) is 4.15. The van der Waals surface area contributed by atoms with Gasteiger partial charge in [0.05, 0.1) is 25.2 Å². The van der Waals surface area contributed by atoms with Gasteiger partial charge < -0.3 is 18.3 Å². The van der Waals surface area contributed by atoms with E-state index in [1.165, 1.54) is 7.11 Å². The number of fused-ring (bicyclic) bond motifs is 3. The number of hydrogen-bond donors (Lipinski definition) is 0. The van der Waals surface area contributed by atoms with E-state index in [1.807, 2.05) is 0 Å². The zero-order valence-corrected chi connectivity index (χ0v) is 14.1. The Bertz CT molecular complexity index is 1200. The fourth-order valence-electron chi connectivity index (χ4n) is 2.86. The lowest BCUT2D eigenvalue weighted by atomic mass is 10.1. The van der Waals surface area contributed by atoms with Crippen molar-refractivity contribution in [3.05, 3.63) is 64.5 Å². The second-order valence-electron chi connectivity index (χ2n) is 5.68. The minimum Gasteiger partial charge on any atom is -0.497 e. The fourth-order valence-corrected chi connectivity index (χ4v) is 2.86. The van der Waals surface area contributed by atoms with Gasteiger partial charge in [0.25, 0.3) is 0 Å². The van der Waals surface area contributed by atoms with Crippen LogP contribution in [-0.2, 0) is 4.74 Å². The first kappa shape index (κ1) is 16.0. The number of ether oxygens (including phenoxy) is 2. The monoisotopic (exact) mass is 350 g/mol. The molecule has 0 bridgehead atoms. The molecule has 0 aliphatic heterocycles. The van der Waals surface area contributed by atoms with Crippen LogP contribution in [0, 0.1) is 0 Å². The SMILES string of the molecule is COC(=O)c1cccc(-c2cc3c(=O)oc4ccc(OC)cc4c3o2)c1. The van der Waals surface area contributed by atoms with Gasteiger partial charge in [-0.25, -0.2) is 9.59 Å². The molecule has 4 rings (SSSR count). The van der Waals surface area contributed by atoms with Crippen molar-refractivity contribution in [1.82, 2.24) is 0 Å². The van der Waals surface area contributed by atoms with Crippen LogP contribution >= 0.6 is 0 Å². The number of carbonyl (C=O) groups is 1. The molecule has 26 heavy (non-hydrogen) atoms. The van der Waals surface area contributed by atoms with E-state index >= 15 is 0 Å². The smallest absolute Gasteiger partial charge is 0.347 e. The lowest BCUT2D eigenvalue weighted by Crippen LogP contribution is -2.00. The average Bonchev–Trinajstić information content (AvgIpc) is 3.14. The predicted molar refractivity (Wildman–Crippen MR) is 95.6 cm³/mol. The Kier molecular flexibility index (Phi) is 3.73.